The van der Waals surface area contributed by atoms with Crippen LogP contribution in [0, 0.1) is 40.9 Å². The highest BCUT2D eigenvalue weighted by atomic mass is 16.3. The SMILES string of the molecule is CC1CCC2C(=CC=C3C2CCC2(C)C(C/C=C/C(C)C(C)O)CCC32)C1. The maximum Gasteiger partial charge on any atom is 0.0572 e. The summed E-state index contributed by atoms with van der Waals surface area (Å²) in [4.78, 5) is 0. The number of hydrogen-bond acceptors (Lipinski definition) is 1. The molecule has 0 bridgehead atoms. The Bertz CT molecular complexity index is 639. The van der Waals surface area contributed by atoms with E-state index in [4.69, 9.17) is 0 Å². The van der Waals surface area contributed by atoms with Crippen molar-refractivity contribution in [3.63, 3.8) is 0 Å². The summed E-state index contributed by atoms with van der Waals surface area (Å²) in [5.41, 5.74) is 4.10. The van der Waals surface area contributed by atoms with Crippen molar-refractivity contribution >= 4 is 0 Å². The third-order valence-corrected chi connectivity index (χ3v) is 8.98. The van der Waals surface area contributed by atoms with Gasteiger partial charge in [0.25, 0.3) is 0 Å². The van der Waals surface area contributed by atoms with Crippen LogP contribution in [0.25, 0.3) is 0 Å². The van der Waals surface area contributed by atoms with Gasteiger partial charge in [-0.05, 0) is 99.2 Å². The highest BCUT2D eigenvalue weighted by Gasteiger charge is 2.52. The smallest absolute Gasteiger partial charge is 0.0572 e. The molecule has 1 heteroatoms. The van der Waals surface area contributed by atoms with Gasteiger partial charge in [0.15, 0.2) is 0 Å². The molecule has 0 aromatic carbocycles. The number of hydrogen-bond donors (Lipinski definition) is 1. The van der Waals surface area contributed by atoms with Gasteiger partial charge in [0.1, 0.15) is 0 Å². The molecule has 1 N–H and O–H groups in total. The zero-order valence-corrected chi connectivity index (χ0v) is 18.0. The minimum atomic E-state index is -0.241. The molecule has 27 heavy (non-hydrogen) atoms. The summed E-state index contributed by atoms with van der Waals surface area (Å²) in [6.45, 7) is 9.04. The average molecular weight is 369 g/mol. The van der Waals surface area contributed by atoms with Crippen LogP contribution in [0.1, 0.15) is 79.1 Å². The van der Waals surface area contributed by atoms with Crippen molar-refractivity contribution in [1.82, 2.24) is 0 Å². The van der Waals surface area contributed by atoms with Crippen molar-refractivity contribution in [2.75, 3.05) is 0 Å². The Morgan fingerprint density at radius 2 is 1.93 bits per heavy atom. The molecule has 1 nitrogen and oxygen atoms in total. The predicted molar refractivity (Wildman–Crippen MR) is 114 cm³/mol. The second kappa shape index (κ2) is 7.54. The molecule has 0 heterocycles. The second-order valence-electron chi connectivity index (χ2n) is 10.6. The number of fused-ring (bicyclic) bond motifs is 5. The molecule has 0 spiro atoms. The first-order valence-electron chi connectivity index (χ1n) is 11.7. The summed E-state index contributed by atoms with van der Waals surface area (Å²) in [5.74, 6) is 4.53. The number of allylic oxidation sites excluding steroid dienone is 5. The molecule has 0 amide bonds. The van der Waals surface area contributed by atoms with E-state index in [1.54, 1.807) is 5.57 Å². The van der Waals surface area contributed by atoms with E-state index in [2.05, 4.69) is 45.1 Å². The summed E-state index contributed by atoms with van der Waals surface area (Å²) in [5, 5.41) is 9.73. The average Bonchev–Trinajstić information content (AvgIpc) is 2.97. The fourth-order valence-electron chi connectivity index (χ4n) is 6.97. The van der Waals surface area contributed by atoms with Crippen LogP contribution in [-0.4, -0.2) is 11.2 Å². The normalized spacial score (nSPS) is 43.4. The van der Waals surface area contributed by atoms with Crippen molar-refractivity contribution in [3.8, 4) is 0 Å². The topological polar surface area (TPSA) is 20.2 Å². The Labute approximate surface area is 167 Å². The van der Waals surface area contributed by atoms with Gasteiger partial charge in [0.05, 0.1) is 6.10 Å². The molecule has 0 aliphatic heterocycles. The van der Waals surface area contributed by atoms with Crippen LogP contribution in [0.3, 0.4) is 0 Å². The van der Waals surface area contributed by atoms with E-state index >= 15 is 0 Å². The lowest BCUT2D eigenvalue weighted by Crippen LogP contribution is -2.40. The lowest BCUT2D eigenvalue weighted by Gasteiger charge is -2.50. The van der Waals surface area contributed by atoms with Crippen molar-refractivity contribution in [3.05, 3.63) is 35.5 Å². The predicted octanol–water partition coefficient (Wildman–Crippen LogP) is 6.69. The number of aliphatic hydroxyl groups excluding tert-OH is 1. The Morgan fingerprint density at radius 3 is 2.70 bits per heavy atom. The zero-order valence-electron chi connectivity index (χ0n) is 18.0. The highest BCUT2D eigenvalue weighted by Crippen LogP contribution is 2.62. The van der Waals surface area contributed by atoms with Crippen molar-refractivity contribution < 1.29 is 5.11 Å². The maximum atomic E-state index is 9.73. The van der Waals surface area contributed by atoms with Gasteiger partial charge in [-0.15, -0.1) is 0 Å². The van der Waals surface area contributed by atoms with E-state index in [-0.39, 0.29) is 12.0 Å². The summed E-state index contributed by atoms with van der Waals surface area (Å²) in [6, 6.07) is 0. The summed E-state index contributed by atoms with van der Waals surface area (Å²) >= 11 is 0. The number of rotatable bonds is 4. The van der Waals surface area contributed by atoms with Crippen molar-refractivity contribution in [2.24, 2.45) is 40.9 Å². The lowest BCUT2D eigenvalue weighted by molar-refractivity contribution is 0.0963. The molecule has 0 radical (unpaired) electrons. The van der Waals surface area contributed by atoms with Crippen LogP contribution in [0.5, 0.6) is 0 Å². The van der Waals surface area contributed by atoms with Crippen LogP contribution in [0.15, 0.2) is 35.5 Å². The molecule has 4 aliphatic carbocycles. The minimum Gasteiger partial charge on any atom is -0.393 e. The van der Waals surface area contributed by atoms with Crippen LogP contribution in [0.2, 0.25) is 0 Å². The highest BCUT2D eigenvalue weighted by molar-refractivity contribution is 5.35. The Hall–Kier alpha value is -0.820. The van der Waals surface area contributed by atoms with Gasteiger partial charge < -0.3 is 5.11 Å². The van der Waals surface area contributed by atoms with Gasteiger partial charge in [-0.25, -0.2) is 0 Å². The monoisotopic (exact) mass is 368 g/mol. The quantitative estimate of drug-likeness (QED) is 0.548. The first-order chi connectivity index (χ1) is 12.9. The van der Waals surface area contributed by atoms with Gasteiger partial charge in [-0.1, -0.05) is 56.2 Å². The van der Waals surface area contributed by atoms with Gasteiger partial charge in [0, 0.05) is 0 Å². The third kappa shape index (κ3) is 3.50. The standard InChI is InChI=1S/C26H40O/c1-17-8-11-22-20(16-17)9-12-24-23(22)14-15-26(4)21(10-13-25(24)26)7-5-6-18(2)19(3)27/h5-6,9,12,17-19,21-23,25,27H,7-8,10-11,13-16H2,1-4H3/b6-5+. The molecule has 4 rings (SSSR count). The van der Waals surface area contributed by atoms with Crippen LogP contribution >= 0.6 is 0 Å². The fraction of sp³-hybridized carbons (Fsp3) is 0.769. The maximum absolute atomic E-state index is 9.73. The molecule has 0 aromatic heterocycles. The largest absolute Gasteiger partial charge is 0.393 e. The molecule has 8 atom stereocenters. The minimum absolute atomic E-state index is 0.241. The first kappa shape index (κ1) is 19.5. The van der Waals surface area contributed by atoms with E-state index < -0.39 is 0 Å². The van der Waals surface area contributed by atoms with Crippen molar-refractivity contribution in [2.45, 2.75) is 85.2 Å². The van der Waals surface area contributed by atoms with Crippen molar-refractivity contribution in [1.29, 1.82) is 0 Å². The van der Waals surface area contributed by atoms with E-state index in [0.717, 1.165) is 29.6 Å². The fourth-order valence-corrected chi connectivity index (χ4v) is 6.97. The first-order valence-corrected chi connectivity index (χ1v) is 11.7. The molecule has 4 aliphatic rings. The molecule has 0 saturated heterocycles. The molecule has 150 valence electrons. The Morgan fingerprint density at radius 1 is 1.11 bits per heavy atom. The third-order valence-electron chi connectivity index (χ3n) is 8.98. The molecule has 8 unspecified atom stereocenters. The van der Waals surface area contributed by atoms with Gasteiger partial charge in [-0.3, -0.25) is 0 Å². The number of aliphatic hydroxyl groups is 1. The van der Waals surface area contributed by atoms with Crippen LogP contribution in [0.4, 0.5) is 0 Å². The van der Waals surface area contributed by atoms with E-state index in [1.807, 2.05) is 12.5 Å². The summed E-state index contributed by atoms with van der Waals surface area (Å²) in [7, 11) is 0. The molecular weight excluding hydrogens is 328 g/mol. The molecule has 3 saturated carbocycles. The molecule has 0 aromatic rings. The van der Waals surface area contributed by atoms with E-state index in [1.165, 1.54) is 51.4 Å². The Balaban J connectivity index is 1.49. The van der Waals surface area contributed by atoms with Gasteiger partial charge in [0.2, 0.25) is 0 Å². The van der Waals surface area contributed by atoms with Crippen LogP contribution < -0.4 is 0 Å². The van der Waals surface area contributed by atoms with Gasteiger partial charge in [-0.2, -0.15) is 0 Å². The second-order valence-corrected chi connectivity index (χ2v) is 10.6. The zero-order chi connectivity index (χ0) is 19.2. The van der Waals surface area contributed by atoms with E-state index in [0.29, 0.717) is 5.41 Å². The van der Waals surface area contributed by atoms with Gasteiger partial charge >= 0.3 is 0 Å². The van der Waals surface area contributed by atoms with Crippen LogP contribution in [-0.2, 0) is 0 Å². The Kier molecular flexibility index (Phi) is 5.45. The summed E-state index contributed by atoms with van der Waals surface area (Å²) < 4.78 is 0. The molecular formula is C26H40O. The molecule has 3 fully saturated rings. The lowest BCUT2D eigenvalue weighted by atomic mass is 9.55. The van der Waals surface area contributed by atoms with E-state index in [9.17, 15) is 5.11 Å². The summed E-state index contributed by atoms with van der Waals surface area (Å²) in [6.07, 6.45) is 20.5.